The Morgan fingerprint density at radius 1 is 1.05 bits per heavy atom. The molecule has 0 atom stereocenters. The van der Waals surface area contributed by atoms with E-state index in [-0.39, 0.29) is 5.41 Å². The highest BCUT2D eigenvalue weighted by Gasteiger charge is 2.21. The van der Waals surface area contributed by atoms with Gasteiger partial charge in [0.15, 0.2) is 0 Å². The molecule has 0 aliphatic rings. The van der Waals surface area contributed by atoms with Crippen molar-refractivity contribution in [2.75, 3.05) is 0 Å². The minimum atomic E-state index is -0.179. The largest absolute Gasteiger partial charge is 0.438 e. The molecular formula is C16H19ClN2O. The molecule has 0 bridgehead atoms. The molecule has 0 aliphatic carbocycles. The molecule has 1 aromatic carbocycles. The molecule has 0 saturated carbocycles. The summed E-state index contributed by atoms with van der Waals surface area (Å²) in [6.07, 6.45) is 0. The molecule has 2 rings (SSSR count). The first-order valence-corrected chi connectivity index (χ1v) is 6.95. The number of para-hydroxylation sites is 1. The van der Waals surface area contributed by atoms with Crippen LogP contribution < -0.4 is 4.74 Å². The molecule has 1 heterocycles. The van der Waals surface area contributed by atoms with Gasteiger partial charge < -0.3 is 4.74 Å². The van der Waals surface area contributed by atoms with E-state index in [1.807, 2.05) is 58.9 Å². The number of hydrogen-bond donors (Lipinski definition) is 0. The second-order valence-corrected chi connectivity index (χ2v) is 6.24. The summed E-state index contributed by atoms with van der Waals surface area (Å²) < 4.78 is 5.92. The molecule has 3 nitrogen and oxygen atoms in total. The molecule has 0 spiro atoms. The Bertz CT molecular complexity index is 633. The van der Waals surface area contributed by atoms with Crippen LogP contribution in [-0.2, 0) is 5.41 Å². The fourth-order valence-corrected chi connectivity index (χ4v) is 1.84. The standard InChI is InChI=1S/C16H19ClN2O/c1-10-8-6-7-9-12(10)20-14-11(2)13(17)18-15(19-14)16(3,4)5/h6-9H,1-5H3. The zero-order valence-corrected chi connectivity index (χ0v) is 13.2. The van der Waals surface area contributed by atoms with Gasteiger partial charge in [0.1, 0.15) is 16.7 Å². The van der Waals surface area contributed by atoms with Crippen LogP contribution in [0.5, 0.6) is 11.6 Å². The minimum absolute atomic E-state index is 0.179. The molecule has 0 saturated heterocycles. The van der Waals surface area contributed by atoms with Crippen LogP contribution >= 0.6 is 11.6 Å². The molecular weight excluding hydrogens is 272 g/mol. The van der Waals surface area contributed by atoms with Crippen LogP contribution in [0.25, 0.3) is 0 Å². The fraction of sp³-hybridized carbons (Fsp3) is 0.375. The number of ether oxygens (including phenoxy) is 1. The number of aryl methyl sites for hydroxylation is 1. The molecule has 2 aromatic rings. The van der Waals surface area contributed by atoms with E-state index in [9.17, 15) is 0 Å². The molecule has 0 amide bonds. The number of halogens is 1. The topological polar surface area (TPSA) is 35.0 Å². The number of rotatable bonds is 2. The Kier molecular flexibility index (Phi) is 4.00. The zero-order chi connectivity index (χ0) is 14.9. The van der Waals surface area contributed by atoms with Crippen molar-refractivity contribution >= 4 is 11.6 Å². The summed E-state index contributed by atoms with van der Waals surface area (Å²) in [4.78, 5) is 8.87. The number of nitrogens with zero attached hydrogens (tertiary/aromatic N) is 2. The van der Waals surface area contributed by atoms with E-state index < -0.39 is 0 Å². The quantitative estimate of drug-likeness (QED) is 0.743. The van der Waals surface area contributed by atoms with Crippen LogP contribution in [0, 0.1) is 13.8 Å². The summed E-state index contributed by atoms with van der Waals surface area (Å²) in [5.41, 5.74) is 1.63. The van der Waals surface area contributed by atoms with Crippen molar-refractivity contribution in [3.8, 4) is 11.6 Å². The second kappa shape index (κ2) is 5.41. The van der Waals surface area contributed by atoms with E-state index >= 15 is 0 Å². The lowest BCUT2D eigenvalue weighted by Gasteiger charge is -2.19. The van der Waals surface area contributed by atoms with Gasteiger partial charge in [0.2, 0.25) is 5.88 Å². The Balaban J connectivity index is 2.46. The summed E-state index contributed by atoms with van der Waals surface area (Å²) in [5.74, 6) is 1.98. The van der Waals surface area contributed by atoms with Crippen molar-refractivity contribution in [3.63, 3.8) is 0 Å². The molecule has 20 heavy (non-hydrogen) atoms. The van der Waals surface area contributed by atoms with Crippen LogP contribution in [0.1, 0.15) is 37.7 Å². The van der Waals surface area contributed by atoms with Gasteiger partial charge in [0, 0.05) is 11.0 Å². The summed E-state index contributed by atoms with van der Waals surface area (Å²) in [6.45, 7) is 10.0. The van der Waals surface area contributed by atoms with E-state index in [1.165, 1.54) is 0 Å². The Morgan fingerprint density at radius 2 is 1.70 bits per heavy atom. The summed E-state index contributed by atoms with van der Waals surface area (Å²) in [7, 11) is 0. The van der Waals surface area contributed by atoms with Gasteiger partial charge in [0.05, 0.1) is 0 Å². The lowest BCUT2D eigenvalue weighted by atomic mass is 9.96. The van der Waals surface area contributed by atoms with E-state index in [0.717, 1.165) is 16.9 Å². The Morgan fingerprint density at radius 3 is 2.30 bits per heavy atom. The average molecular weight is 291 g/mol. The van der Waals surface area contributed by atoms with Crippen molar-refractivity contribution in [2.45, 2.75) is 40.0 Å². The number of benzene rings is 1. The maximum atomic E-state index is 6.20. The van der Waals surface area contributed by atoms with E-state index in [4.69, 9.17) is 16.3 Å². The van der Waals surface area contributed by atoms with Crippen LogP contribution in [0.15, 0.2) is 24.3 Å². The normalized spacial score (nSPS) is 11.5. The average Bonchev–Trinajstić information content (AvgIpc) is 2.36. The van der Waals surface area contributed by atoms with Gasteiger partial charge in [-0.15, -0.1) is 0 Å². The van der Waals surface area contributed by atoms with Crippen molar-refractivity contribution in [1.29, 1.82) is 0 Å². The van der Waals surface area contributed by atoms with Crippen molar-refractivity contribution < 1.29 is 4.74 Å². The third kappa shape index (κ3) is 3.10. The van der Waals surface area contributed by atoms with Crippen molar-refractivity contribution in [1.82, 2.24) is 9.97 Å². The molecule has 0 N–H and O–H groups in total. The van der Waals surface area contributed by atoms with Crippen molar-refractivity contribution in [2.24, 2.45) is 0 Å². The van der Waals surface area contributed by atoms with Gasteiger partial charge in [-0.25, -0.2) is 4.98 Å². The predicted octanol–water partition coefficient (Wildman–Crippen LogP) is 4.84. The first kappa shape index (κ1) is 14.8. The first-order valence-electron chi connectivity index (χ1n) is 6.57. The van der Waals surface area contributed by atoms with Gasteiger partial charge in [-0.1, -0.05) is 50.6 Å². The number of hydrogen-bond acceptors (Lipinski definition) is 3. The van der Waals surface area contributed by atoms with Gasteiger partial charge in [-0.05, 0) is 25.5 Å². The summed E-state index contributed by atoms with van der Waals surface area (Å²) >= 11 is 6.20. The van der Waals surface area contributed by atoms with Crippen LogP contribution in [0.2, 0.25) is 5.15 Å². The highest BCUT2D eigenvalue weighted by molar-refractivity contribution is 6.30. The Hall–Kier alpha value is -1.61. The molecule has 4 heteroatoms. The molecule has 106 valence electrons. The van der Waals surface area contributed by atoms with Gasteiger partial charge in [0.25, 0.3) is 0 Å². The molecule has 0 radical (unpaired) electrons. The van der Waals surface area contributed by atoms with Crippen LogP contribution in [0.4, 0.5) is 0 Å². The van der Waals surface area contributed by atoms with Gasteiger partial charge >= 0.3 is 0 Å². The second-order valence-electron chi connectivity index (χ2n) is 5.89. The van der Waals surface area contributed by atoms with Gasteiger partial charge in [-0.3, -0.25) is 0 Å². The maximum Gasteiger partial charge on any atom is 0.227 e. The SMILES string of the molecule is Cc1ccccc1Oc1nc(C(C)(C)C)nc(Cl)c1C. The fourth-order valence-electron chi connectivity index (χ4n) is 1.68. The highest BCUT2D eigenvalue weighted by atomic mass is 35.5. The monoisotopic (exact) mass is 290 g/mol. The third-order valence-corrected chi connectivity index (χ3v) is 3.38. The molecule has 0 aliphatic heterocycles. The molecule has 1 aromatic heterocycles. The molecule has 0 unspecified atom stereocenters. The zero-order valence-electron chi connectivity index (χ0n) is 12.5. The lowest BCUT2D eigenvalue weighted by molar-refractivity contribution is 0.439. The van der Waals surface area contributed by atoms with Gasteiger partial charge in [-0.2, -0.15) is 4.98 Å². The number of aromatic nitrogens is 2. The Labute approximate surface area is 125 Å². The first-order chi connectivity index (χ1) is 9.29. The minimum Gasteiger partial charge on any atom is -0.438 e. The van der Waals surface area contributed by atoms with E-state index in [1.54, 1.807) is 0 Å². The van der Waals surface area contributed by atoms with Crippen LogP contribution in [-0.4, -0.2) is 9.97 Å². The van der Waals surface area contributed by atoms with E-state index in [0.29, 0.717) is 16.9 Å². The highest BCUT2D eigenvalue weighted by Crippen LogP contribution is 2.31. The summed E-state index contributed by atoms with van der Waals surface area (Å²) in [5, 5.41) is 0.438. The van der Waals surface area contributed by atoms with Crippen molar-refractivity contribution in [3.05, 3.63) is 46.4 Å². The maximum absolute atomic E-state index is 6.20. The summed E-state index contributed by atoms with van der Waals surface area (Å²) in [6, 6.07) is 7.83. The smallest absolute Gasteiger partial charge is 0.227 e. The third-order valence-electron chi connectivity index (χ3n) is 3.01. The molecule has 0 fully saturated rings. The van der Waals surface area contributed by atoms with Crippen LogP contribution in [0.3, 0.4) is 0 Å². The predicted molar refractivity (Wildman–Crippen MR) is 81.7 cm³/mol. The lowest BCUT2D eigenvalue weighted by Crippen LogP contribution is -2.17. The van der Waals surface area contributed by atoms with E-state index in [2.05, 4.69) is 9.97 Å².